The molecule has 2 heterocycles. The molecule has 1 atom stereocenters. The van der Waals surface area contributed by atoms with Crippen LogP contribution in [0.25, 0.3) is 10.9 Å². The Hall–Kier alpha value is -4.41. The van der Waals surface area contributed by atoms with Crippen molar-refractivity contribution in [2.45, 2.75) is 25.4 Å². The molecule has 11 heteroatoms. The summed E-state index contributed by atoms with van der Waals surface area (Å²) in [5, 5.41) is 5.69. The van der Waals surface area contributed by atoms with E-state index in [2.05, 4.69) is 20.4 Å². The van der Waals surface area contributed by atoms with E-state index in [0.29, 0.717) is 17.5 Å². The van der Waals surface area contributed by atoms with Crippen molar-refractivity contribution in [1.82, 2.24) is 19.8 Å². The van der Waals surface area contributed by atoms with Crippen molar-refractivity contribution in [3.05, 3.63) is 76.6 Å². The van der Waals surface area contributed by atoms with Gasteiger partial charge in [-0.25, -0.2) is 9.18 Å². The van der Waals surface area contributed by atoms with Crippen molar-refractivity contribution in [3.63, 3.8) is 0 Å². The first-order valence-electron chi connectivity index (χ1n) is 11.2. The van der Waals surface area contributed by atoms with E-state index in [1.165, 1.54) is 40.9 Å². The number of aromatic nitrogens is 2. The smallest absolute Gasteiger partial charge is 0.407 e. The molecule has 2 aromatic heterocycles. The highest BCUT2D eigenvalue weighted by Crippen LogP contribution is 2.17. The minimum Gasteiger partial charge on any atom is -0.453 e. The van der Waals surface area contributed by atoms with Gasteiger partial charge in [0.15, 0.2) is 0 Å². The normalized spacial score (nSPS) is 11.9. The number of likely N-dealkylation sites (N-methyl/N-ethyl adjacent to an activating group) is 1. The highest BCUT2D eigenvalue weighted by molar-refractivity contribution is 5.96. The monoisotopic (exact) mass is 497 g/mol. The second kappa shape index (κ2) is 11.8. The number of nitrogens with zero attached hydrogens (tertiary/aromatic N) is 2. The van der Waals surface area contributed by atoms with Crippen LogP contribution in [0.4, 0.5) is 14.9 Å². The maximum atomic E-state index is 13.5. The molecule has 0 radical (unpaired) electrons. The molecule has 0 aliphatic carbocycles. The van der Waals surface area contributed by atoms with Crippen LogP contribution in [0, 0.1) is 5.82 Å². The van der Waals surface area contributed by atoms with Gasteiger partial charge in [0.25, 0.3) is 5.56 Å². The number of alkyl carbamates (subject to hydrolysis) is 1. The fourth-order valence-corrected chi connectivity index (χ4v) is 3.47. The summed E-state index contributed by atoms with van der Waals surface area (Å²) in [5.41, 5.74) is 0.996. The van der Waals surface area contributed by atoms with Gasteiger partial charge >= 0.3 is 6.09 Å². The summed E-state index contributed by atoms with van der Waals surface area (Å²) in [7, 11) is 4.41. The number of carbonyl (C=O) groups is 3. The Kier molecular flexibility index (Phi) is 8.61. The molecule has 1 unspecified atom stereocenters. The number of H-pyrrole nitrogens is 1. The lowest BCUT2D eigenvalue weighted by Gasteiger charge is -2.17. The Morgan fingerprint density at radius 3 is 2.72 bits per heavy atom. The van der Waals surface area contributed by atoms with Crippen molar-refractivity contribution in [2.75, 3.05) is 26.5 Å². The average molecular weight is 498 g/mol. The van der Waals surface area contributed by atoms with Crippen LogP contribution in [0.2, 0.25) is 0 Å². The van der Waals surface area contributed by atoms with Gasteiger partial charge in [0.1, 0.15) is 17.5 Å². The van der Waals surface area contributed by atoms with E-state index in [9.17, 15) is 23.6 Å². The summed E-state index contributed by atoms with van der Waals surface area (Å²) >= 11 is 0. The minimum absolute atomic E-state index is 0.0275. The molecule has 3 rings (SSSR count). The second-order valence-corrected chi connectivity index (χ2v) is 8.27. The number of hydrogen-bond acceptors (Lipinski definition) is 5. The number of amides is 3. The van der Waals surface area contributed by atoms with Crippen LogP contribution in [0.3, 0.4) is 0 Å². The summed E-state index contributed by atoms with van der Waals surface area (Å²) < 4.78 is 19.5. The largest absolute Gasteiger partial charge is 0.453 e. The highest BCUT2D eigenvalue weighted by Gasteiger charge is 2.22. The van der Waals surface area contributed by atoms with E-state index in [4.69, 9.17) is 0 Å². The number of carbonyl (C=O) groups excluding carboxylic acids is 3. The SMILES string of the molecule is COC(=O)NC(CC/C=C/C(=O)N(C)C)C(=O)Nc1cccn(Cc2cc3cc(F)ccc3[nH]2)c1=O. The molecule has 0 spiro atoms. The first kappa shape index (κ1) is 26.2. The standard InChI is InChI=1S/C25H28FN5O5/c1-30(2)22(32)9-5-4-7-20(29-25(35)36-3)23(33)28-21-8-6-12-31(24(21)34)15-18-14-16-13-17(26)10-11-19(16)27-18/h5-6,8-14,20,27H,4,7,15H2,1-3H3,(H,28,33)(H,29,35)/b9-5+. The van der Waals surface area contributed by atoms with Gasteiger partial charge in [-0.05, 0) is 55.3 Å². The third-order valence-electron chi connectivity index (χ3n) is 5.37. The number of hydrogen-bond donors (Lipinski definition) is 3. The Morgan fingerprint density at radius 2 is 2.00 bits per heavy atom. The maximum Gasteiger partial charge on any atom is 0.407 e. The molecule has 0 fully saturated rings. The van der Waals surface area contributed by atoms with Crippen LogP contribution in [0.5, 0.6) is 0 Å². The van der Waals surface area contributed by atoms with E-state index in [1.54, 1.807) is 44.6 Å². The lowest BCUT2D eigenvalue weighted by molar-refractivity contribution is -0.123. The molecule has 36 heavy (non-hydrogen) atoms. The first-order valence-corrected chi connectivity index (χ1v) is 11.2. The van der Waals surface area contributed by atoms with Gasteiger partial charge in [-0.3, -0.25) is 14.4 Å². The fraction of sp³-hybridized carbons (Fsp3) is 0.280. The Morgan fingerprint density at radius 1 is 1.22 bits per heavy atom. The van der Waals surface area contributed by atoms with Gasteiger partial charge in [-0.2, -0.15) is 0 Å². The van der Waals surface area contributed by atoms with Gasteiger partial charge in [-0.15, -0.1) is 0 Å². The summed E-state index contributed by atoms with van der Waals surface area (Å²) in [6.07, 6.45) is 4.24. The van der Waals surface area contributed by atoms with E-state index in [1.807, 2.05) is 0 Å². The van der Waals surface area contributed by atoms with Crippen molar-refractivity contribution in [3.8, 4) is 0 Å². The number of pyridine rings is 1. The van der Waals surface area contributed by atoms with Crippen molar-refractivity contribution in [2.24, 2.45) is 0 Å². The van der Waals surface area contributed by atoms with Gasteiger partial charge < -0.3 is 29.8 Å². The number of anilines is 1. The van der Waals surface area contributed by atoms with E-state index in [0.717, 1.165) is 5.52 Å². The van der Waals surface area contributed by atoms with E-state index < -0.39 is 23.6 Å². The Balaban J connectivity index is 1.73. The molecule has 0 aliphatic rings. The van der Waals surface area contributed by atoms with E-state index >= 15 is 0 Å². The van der Waals surface area contributed by atoms with Crippen LogP contribution in [-0.2, 0) is 20.9 Å². The number of nitrogens with one attached hydrogen (secondary N) is 3. The molecular weight excluding hydrogens is 469 g/mol. The number of allylic oxidation sites excluding steroid dienone is 1. The zero-order chi connectivity index (χ0) is 26.2. The summed E-state index contributed by atoms with van der Waals surface area (Å²) in [6.45, 7) is 0.174. The Labute approximate surface area is 206 Å². The van der Waals surface area contributed by atoms with Gasteiger partial charge in [-0.1, -0.05) is 6.08 Å². The van der Waals surface area contributed by atoms with Gasteiger partial charge in [0, 0.05) is 36.9 Å². The number of methoxy groups -OCH3 is 1. The number of rotatable bonds is 9. The van der Waals surface area contributed by atoms with Crippen LogP contribution in [-0.4, -0.2) is 59.6 Å². The first-order chi connectivity index (χ1) is 17.2. The number of ether oxygens (including phenoxy) is 1. The maximum absolute atomic E-state index is 13.5. The van der Waals surface area contributed by atoms with Crippen LogP contribution in [0.15, 0.2) is 59.5 Å². The summed E-state index contributed by atoms with van der Waals surface area (Å²) in [6, 6.07) is 8.18. The fourth-order valence-electron chi connectivity index (χ4n) is 3.47. The molecule has 3 amide bonds. The minimum atomic E-state index is -1.01. The average Bonchev–Trinajstić information content (AvgIpc) is 3.24. The lowest BCUT2D eigenvalue weighted by Crippen LogP contribution is -2.44. The third-order valence-corrected chi connectivity index (χ3v) is 5.37. The molecule has 10 nitrogen and oxygen atoms in total. The molecular formula is C25H28FN5O5. The molecule has 0 bridgehead atoms. The lowest BCUT2D eigenvalue weighted by atomic mass is 10.1. The predicted molar refractivity (Wildman–Crippen MR) is 133 cm³/mol. The second-order valence-electron chi connectivity index (χ2n) is 8.27. The topological polar surface area (TPSA) is 126 Å². The molecule has 0 saturated heterocycles. The molecule has 3 N–H and O–H groups in total. The van der Waals surface area contributed by atoms with Crippen LogP contribution >= 0.6 is 0 Å². The van der Waals surface area contributed by atoms with Gasteiger partial charge in [0.2, 0.25) is 11.8 Å². The molecule has 0 saturated carbocycles. The summed E-state index contributed by atoms with van der Waals surface area (Å²) in [4.78, 5) is 53.8. The zero-order valence-electron chi connectivity index (χ0n) is 20.2. The summed E-state index contributed by atoms with van der Waals surface area (Å²) in [5.74, 6) is -1.17. The number of fused-ring (bicyclic) bond motifs is 1. The van der Waals surface area contributed by atoms with Gasteiger partial charge in [0.05, 0.1) is 13.7 Å². The quantitative estimate of drug-likeness (QED) is 0.392. The van der Waals surface area contributed by atoms with Crippen molar-refractivity contribution < 1.29 is 23.5 Å². The zero-order valence-corrected chi connectivity index (χ0v) is 20.2. The molecule has 3 aromatic rings. The third kappa shape index (κ3) is 6.81. The number of aromatic amines is 1. The van der Waals surface area contributed by atoms with Crippen molar-refractivity contribution >= 4 is 34.5 Å². The molecule has 1 aromatic carbocycles. The van der Waals surface area contributed by atoms with Crippen LogP contribution < -0.4 is 16.2 Å². The highest BCUT2D eigenvalue weighted by atomic mass is 19.1. The Bertz CT molecular complexity index is 1340. The number of benzene rings is 1. The van der Waals surface area contributed by atoms with Crippen molar-refractivity contribution in [1.29, 1.82) is 0 Å². The molecule has 190 valence electrons. The molecule has 0 aliphatic heterocycles. The number of halogens is 1. The predicted octanol–water partition coefficient (Wildman–Crippen LogP) is 2.60. The van der Waals surface area contributed by atoms with E-state index in [-0.39, 0.29) is 30.4 Å². The van der Waals surface area contributed by atoms with Crippen LogP contribution in [0.1, 0.15) is 18.5 Å².